The summed E-state index contributed by atoms with van der Waals surface area (Å²) in [6.45, 7) is 0.647. The number of carbonyl (C=O) groups is 1. The molecule has 0 aliphatic heterocycles. The molecule has 1 aliphatic rings. The van der Waals surface area contributed by atoms with Crippen molar-refractivity contribution in [1.29, 1.82) is 0 Å². The zero-order chi connectivity index (χ0) is 19.3. The number of ether oxygens (including phenoxy) is 1. The molecule has 140 valence electrons. The Labute approximate surface area is 168 Å². The Bertz CT molecular complexity index is 973. The van der Waals surface area contributed by atoms with Crippen molar-refractivity contribution >= 4 is 23.8 Å². The second-order valence-electron chi connectivity index (χ2n) is 6.39. The first-order valence-electron chi connectivity index (χ1n) is 8.95. The second-order valence-corrected chi connectivity index (χ2v) is 6.73. The molecular weight excluding hydrogens is 374 g/mol. The van der Waals surface area contributed by atoms with Gasteiger partial charge >= 0.3 is 6.09 Å². The highest BCUT2D eigenvalue weighted by atomic mass is 35.5. The number of nitrogens with one attached hydrogen (secondary N) is 1. The van der Waals surface area contributed by atoms with Crippen LogP contribution in [0.5, 0.6) is 0 Å². The highest BCUT2D eigenvalue weighted by Crippen LogP contribution is 2.44. The number of hydrogen-bond acceptors (Lipinski definition) is 4. The van der Waals surface area contributed by atoms with Gasteiger partial charge in [-0.2, -0.15) is 0 Å². The van der Waals surface area contributed by atoms with E-state index >= 15 is 0 Å². The van der Waals surface area contributed by atoms with E-state index in [4.69, 9.17) is 16.3 Å². The minimum Gasteiger partial charge on any atom is -0.449 e. The Balaban J connectivity index is 1.33. The Hall–Kier alpha value is -3.18. The van der Waals surface area contributed by atoms with Crippen molar-refractivity contribution in [2.45, 2.75) is 5.92 Å². The molecule has 0 saturated carbocycles. The standard InChI is InChI=1S/C22H18ClN3O2/c23-21-25-12-15(13-26-21)6-5-11-24-22(27)28-14-20-18-9-3-1-7-16(18)17-8-2-4-10-19(17)20/h1-10,12-13,20H,11,14H2,(H,24,27). The molecule has 0 spiro atoms. The SMILES string of the molecule is O=C(NCC=Cc1cnc(Cl)nc1)OCC1c2ccccc2-c2ccccc21. The molecule has 1 aliphatic carbocycles. The zero-order valence-corrected chi connectivity index (χ0v) is 15.8. The molecule has 0 bridgehead atoms. The predicted octanol–water partition coefficient (Wildman–Crippen LogP) is 4.68. The number of fused-ring (bicyclic) bond motifs is 3. The van der Waals surface area contributed by atoms with Gasteiger partial charge in [-0.05, 0) is 33.9 Å². The lowest BCUT2D eigenvalue weighted by Crippen LogP contribution is -2.26. The minimum absolute atomic E-state index is 0.0555. The molecule has 0 radical (unpaired) electrons. The van der Waals surface area contributed by atoms with Crippen LogP contribution in [-0.4, -0.2) is 29.2 Å². The molecule has 5 nitrogen and oxygen atoms in total. The Morgan fingerprint density at radius 3 is 2.29 bits per heavy atom. The third kappa shape index (κ3) is 3.89. The number of amides is 1. The number of hydrogen-bond donors (Lipinski definition) is 1. The van der Waals surface area contributed by atoms with Gasteiger partial charge in [0.15, 0.2) is 0 Å². The Morgan fingerprint density at radius 1 is 1.04 bits per heavy atom. The lowest BCUT2D eigenvalue weighted by Gasteiger charge is -2.14. The van der Waals surface area contributed by atoms with Crippen molar-refractivity contribution in [2.24, 2.45) is 0 Å². The maximum absolute atomic E-state index is 12.1. The van der Waals surface area contributed by atoms with E-state index in [1.807, 2.05) is 24.3 Å². The van der Waals surface area contributed by atoms with Gasteiger partial charge in [0.1, 0.15) is 6.61 Å². The maximum Gasteiger partial charge on any atom is 0.407 e. The lowest BCUT2D eigenvalue weighted by atomic mass is 9.98. The van der Waals surface area contributed by atoms with Crippen LogP contribution < -0.4 is 5.32 Å². The van der Waals surface area contributed by atoms with Gasteiger partial charge < -0.3 is 10.1 Å². The van der Waals surface area contributed by atoms with Gasteiger partial charge in [0, 0.05) is 30.4 Å². The van der Waals surface area contributed by atoms with Crippen LogP contribution >= 0.6 is 11.6 Å². The number of rotatable bonds is 5. The van der Waals surface area contributed by atoms with Crippen LogP contribution in [0.3, 0.4) is 0 Å². The molecule has 3 aromatic rings. The molecule has 1 amide bonds. The van der Waals surface area contributed by atoms with Crippen molar-refractivity contribution in [2.75, 3.05) is 13.2 Å². The quantitative estimate of drug-likeness (QED) is 0.641. The number of carbonyl (C=O) groups excluding carboxylic acids is 1. The van der Waals surface area contributed by atoms with Gasteiger partial charge in [-0.3, -0.25) is 0 Å². The summed E-state index contributed by atoms with van der Waals surface area (Å²) in [6, 6.07) is 16.5. The van der Waals surface area contributed by atoms with Gasteiger partial charge in [0.05, 0.1) is 0 Å². The summed E-state index contributed by atoms with van der Waals surface area (Å²) < 4.78 is 5.48. The fraction of sp³-hybridized carbons (Fsp3) is 0.136. The summed E-state index contributed by atoms with van der Waals surface area (Å²) >= 11 is 5.65. The highest BCUT2D eigenvalue weighted by molar-refractivity contribution is 6.28. The van der Waals surface area contributed by atoms with Gasteiger partial charge in [-0.25, -0.2) is 14.8 Å². The Kier molecular flexibility index (Phi) is 5.35. The average Bonchev–Trinajstić information content (AvgIpc) is 3.05. The summed E-state index contributed by atoms with van der Waals surface area (Å²) in [5.74, 6) is 0.0555. The molecule has 4 rings (SSSR count). The molecule has 1 heterocycles. The number of alkyl carbamates (subject to hydrolysis) is 1. The van der Waals surface area contributed by atoms with Crippen LogP contribution in [0, 0.1) is 0 Å². The first kappa shape index (κ1) is 18.2. The van der Waals surface area contributed by atoms with Crippen LogP contribution in [0.15, 0.2) is 67.0 Å². The van der Waals surface area contributed by atoms with E-state index < -0.39 is 6.09 Å². The first-order valence-corrected chi connectivity index (χ1v) is 9.33. The fourth-order valence-corrected chi connectivity index (χ4v) is 3.49. The van der Waals surface area contributed by atoms with Crippen molar-refractivity contribution < 1.29 is 9.53 Å². The van der Waals surface area contributed by atoms with Gasteiger partial charge in [-0.15, -0.1) is 0 Å². The monoisotopic (exact) mass is 391 g/mol. The third-order valence-electron chi connectivity index (χ3n) is 4.66. The largest absolute Gasteiger partial charge is 0.449 e. The van der Waals surface area contributed by atoms with Crippen molar-refractivity contribution in [3.8, 4) is 11.1 Å². The normalized spacial score (nSPS) is 12.6. The van der Waals surface area contributed by atoms with E-state index in [1.54, 1.807) is 24.5 Å². The van der Waals surface area contributed by atoms with Crippen molar-refractivity contribution in [3.05, 3.63) is 89.0 Å². The minimum atomic E-state index is -0.445. The number of halogens is 1. The highest BCUT2D eigenvalue weighted by Gasteiger charge is 2.28. The molecule has 0 unspecified atom stereocenters. The summed E-state index contributed by atoms with van der Waals surface area (Å²) in [5, 5.41) is 2.92. The zero-order valence-electron chi connectivity index (χ0n) is 15.0. The predicted molar refractivity (Wildman–Crippen MR) is 109 cm³/mol. The van der Waals surface area contributed by atoms with Crippen molar-refractivity contribution in [3.63, 3.8) is 0 Å². The van der Waals surface area contributed by atoms with Crippen LogP contribution in [0.4, 0.5) is 4.79 Å². The lowest BCUT2D eigenvalue weighted by molar-refractivity contribution is 0.144. The molecule has 0 atom stereocenters. The van der Waals surface area contributed by atoms with Crippen molar-refractivity contribution in [1.82, 2.24) is 15.3 Å². The molecule has 1 aromatic heterocycles. The van der Waals surface area contributed by atoms with E-state index in [2.05, 4.69) is 39.6 Å². The summed E-state index contributed by atoms with van der Waals surface area (Å²) in [6.07, 6.45) is 6.38. The summed E-state index contributed by atoms with van der Waals surface area (Å²) in [7, 11) is 0. The summed E-state index contributed by atoms with van der Waals surface area (Å²) in [5.41, 5.74) is 5.61. The molecule has 2 aromatic carbocycles. The van der Waals surface area contributed by atoms with Gasteiger partial charge in [0.25, 0.3) is 0 Å². The summed E-state index contributed by atoms with van der Waals surface area (Å²) in [4.78, 5) is 19.9. The van der Waals surface area contributed by atoms with E-state index in [0.29, 0.717) is 13.2 Å². The maximum atomic E-state index is 12.1. The fourth-order valence-electron chi connectivity index (χ4n) is 3.40. The van der Waals surface area contributed by atoms with E-state index in [-0.39, 0.29) is 11.2 Å². The number of nitrogens with zero attached hydrogens (tertiary/aromatic N) is 2. The average molecular weight is 392 g/mol. The van der Waals surface area contributed by atoms with Crippen LogP contribution in [0.1, 0.15) is 22.6 Å². The van der Waals surface area contributed by atoms with E-state index in [0.717, 1.165) is 5.56 Å². The molecule has 28 heavy (non-hydrogen) atoms. The van der Waals surface area contributed by atoms with E-state index in [9.17, 15) is 4.79 Å². The smallest absolute Gasteiger partial charge is 0.407 e. The number of aromatic nitrogens is 2. The molecule has 0 fully saturated rings. The second kappa shape index (κ2) is 8.23. The van der Waals surface area contributed by atoms with E-state index in [1.165, 1.54) is 22.3 Å². The molecular formula is C22H18ClN3O2. The molecule has 0 saturated heterocycles. The van der Waals surface area contributed by atoms with Crippen LogP contribution in [0.25, 0.3) is 17.2 Å². The van der Waals surface area contributed by atoms with Gasteiger partial charge in [-0.1, -0.05) is 60.7 Å². The topological polar surface area (TPSA) is 64.1 Å². The van der Waals surface area contributed by atoms with Crippen LogP contribution in [-0.2, 0) is 4.74 Å². The molecule has 1 N–H and O–H groups in total. The number of benzene rings is 2. The molecule has 6 heteroatoms. The Morgan fingerprint density at radius 2 is 1.64 bits per heavy atom. The first-order chi connectivity index (χ1) is 13.7. The van der Waals surface area contributed by atoms with Gasteiger partial charge in [0.2, 0.25) is 5.28 Å². The third-order valence-corrected chi connectivity index (χ3v) is 4.85. The van der Waals surface area contributed by atoms with Crippen LogP contribution in [0.2, 0.25) is 5.28 Å².